The molecule has 2 aromatic carbocycles. The van der Waals surface area contributed by atoms with E-state index in [4.69, 9.17) is 11.6 Å². The minimum atomic E-state index is -0.0855. The molecule has 0 unspecified atom stereocenters. The molecule has 1 aliphatic rings. The molecule has 26 heavy (non-hydrogen) atoms. The fourth-order valence-corrected chi connectivity index (χ4v) is 3.43. The molecule has 3 aromatic rings. The average molecular weight is 366 g/mol. The molecule has 4 rings (SSSR count). The van der Waals surface area contributed by atoms with Crippen molar-refractivity contribution in [2.24, 2.45) is 0 Å². The summed E-state index contributed by atoms with van der Waals surface area (Å²) in [6, 6.07) is 18.1. The maximum Gasteiger partial charge on any atom is 0.254 e. The van der Waals surface area contributed by atoms with Crippen LogP contribution in [0.3, 0.4) is 0 Å². The number of carbonyl (C=O) groups is 1. The molecule has 0 aliphatic heterocycles. The van der Waals surface area contributed by atoms with E-state index in [1.54, 1.807) is 17.1 Å². The van der Waals surface area contributed by atoms with Crippen LogP contribution >= 0.6 is 11.6 Å². The molecule has 0 bridgehead atoms. The summed E-state index contributed by atoms with van der Waals surface area (Å²) in [7, 11) is 0. The van der Waals surface area contributed by atoms with Crippen molar-refractivity contribution >= 4 is 17.5 Å². The SMILES string of the molecule is O=C(NCC1(c2ccccc2)CC1)c1cnn(Cc2ccccc2Cl)c1. The lowest BCUT2D eigenvalue weighted by atomic mass is 9.96. The third-order valence-electron chi connectivity index (χ3n) is 5.01. The molecule has 1 saturated carbocycles. The van der Waals surface area contributed by atoms with Crippen LogP contribution in [0.4, 0.5) is 0 Å². The van der Waals surface area contributed by atoms with E-state index in [1.807, 2.05) is 30.3 Å². The van der Waals surface area contributed by atoms with Crippen molar-refractivity contribution < 1.29 is 4.79 Å². The Hall–Kier alpha value is -2.59. The number of hydrogen-bond donors (Lipinski definition) is 1. The Bertz CT molecular complexity index is 916. The van der Waals surface area contributed by atoms with E-state index >= 15 is 0 Å². The topological polar surface area (TPSA) is 46.9 Å². The highest BCUT2D eigenvalue weighted by atomic mass is 35.5. The van der Waals surface area contributed by atoms with Crippen molar-refractivity contribution in [3.8, 4) is 0 Å². The van der Waals surface area contributed by atoms with Gasteiger partial charge in [0.05, 0.1) is 18.3 Å². The summed E-state index contributed by atoms with van der Waals surface area (Å²) < 4.78 is 1.74. The quantitative estimate of drug-likeness (QED) is 0.716. The Balaban J connectivity index is 1.39. The second kappa shape index (κ2) is 6.96. The minimum absolute atomic E-state index is 0.0855. The Kier molecular flexibility index (Phi) is 4.51. The van der Waals surface area contributed by atoms with Gasteiger partial charge in [-0.3, -0.25) is 9.48 Å². The monoisotopic (exact) mass is 365 g/mol. The van der Waals surface area contributed by atoms with E-state index in [-0.39, 0.29) is 11.3 Å². The lowest BCUT2D eigenvalue weighted by molar-refractivity contribution is 0.0949. The van der Waals surface area contributed by atoms with Gasteiger partial charge in [-0.25, -0.2) is 0 Å². The summed E-state index contributed by atoms with van der Waals surface area (Å²) in [4.78, 5) is 12.5. The summed E-state index contributed by atoms with van der Waals surface area (Å²) in [5.41, 5.74) is 2.95. The minimum Gasteiger partial charge on any atom is -0.351 e. The molecule has 1 amide bonds. The molecule has 0 spiro atoms. The number of hydrogen-bond acceptors (Lipinski definition) is 2. The highest BCUT2D eigenvalue weighted by Crippen LogP contribution is 2.47. The van der Waals surface area contributed by atoms with E-state index in [0.717, 1.165) is 18.4 Å². The summed E-state index contributed by atoms with van der Waals surface area (Å²) >= 11 is 6.19. The van der Waals surface area contributed by atoms with E-state index in [0.29, 0.717) is 23.7 Å². The van der Waals surface area contributed by atoms with Gasteiger partial charge in [0.25, 0.3) is 5.91 Å². The number of halogens is 1. The smallest absolute Gasteiger partial charge is 0.254 e. The first kappa shape index (κ1) is 16.9. The predicted octanol–water partition coefficient (Wildman–Crippen LogP) is 4.05. The van der Waals surface area contributed by atoms with Gasteiger partial charge in [-0.15, -0.1) is 0 Å². The normalized spacial score (nSPS) is 14.8. The van der Waals surface area contributed by atoms with Crippen LogP contribution in [0.1, 0.15) is 34.3 Å². The first-order valence-electron chi connectivity index (χ1n) is 8.76. The van der Waals surface area contributed by atoms with Crippen LogP contribution in [0, 0.1) is 0 Å². The summed E-state index contributed by atoms with van der Waals surface area (Å²) in [6.07, 6.45) is 5.60. The predicted molar refractivity (Wildman–Crippen MR) is 102 cm³/mol. The van der Waals surface area contributed by atoms with E-state index < -0.39 is 0 Å². The molecule has 4 nitrogen and oxygen atoms in total. The molecule has 0 saturated heterocycles. The van der Waals surface area contributed by atoms with Crippen molar-refractivity contribution in [2.45, 2.75) is 24.8 Å². The molecule has 0 atom stereocenters. The molecule has 1 heterocycles. The van der Waals surface area contributed by atoms with Gasteiger partial charge in [0.15, 0.2) is 0 Å². The lowest BCUT2D eigenvalue weighted by Crippen LogP contribution is -2.32. The average Bonchev–Trinajstić information content (AvgIpc) is 3.33. The van der Waals surface area contributed by atoms with Crippen LogP contribution in [-0.4, -0.2) is 22.2 Å². The van der Waals surface area contributed by atoms with Crippen LogP contribution in [-0.2, 0) is 12.0 Å². The third-order valence-corrected chi connectivity index (χ3v) is 5.38. The van der Waals surface area contributed by atoms with Gasteiger partial charge < -0.3 is 5.32 Å². The summed E-state index contributed by atoms with van der Waals surface area (Å²) in [6.45, 7) is 1.20. The molecular formula is C21H20ClN3O. The first-order chi connectivity index (χ1) is 12.7. The van der Waals surface area contributed by atoms with Gasteiger partial charge in [-0.1, -0.05) is 60.1 Å². The number of rotatable bonds is 6. The highest BCUT2D eigenvalue weighted by Gasteiger charge is 2.44. The fourth-order valence-electron chi connectivity index (χ4n) is 3.23. The molecular weight excluding hydrogens is 346 g/mol. The Morgan fingerprint density at radius 3 is 2.58 bits per heavy atom. The van der Waals surface area contributed by atoms with Crippen molar-refractivity contribution in [3.63, 3.8) is 0 Å². The summed E-state index contributed by atoms with van der Waals surface area (Å²) in [5.74, 6) is -0.0855. The van der Waals surface area contributed by atoms with Gasteiger partial charge in [-0.2, -0.15) is 5.10 Å². The van der Waals surface area contributed by atoms with Crippen molar-refractivity contribution in [1.29, 1.82) is 0 Å². The van der Waals surface area contributed by atoms with Crippen LogP contribution in [0.15, 0.2) is 67.0 Å². The molecule has 132 valence electrons. The van der Waals surface area contributed by atoms with E-state index in [9.17, 15) is 4.79 Å². The number of nitrogens with zero attached hydrogens (tertiary/aromatic N) is 2. The van der Waals surface area contributed by atoms with E-state index in [1.165, 1.54) is 5.56 Å². The Labute approximate surface area is 157 Å². The van der Waals surface area contributed by atoms with E-state index in [2.05, 4.69) is 34.7 Å². The molecule has 5 heteroatoms. The first-order valence-corrected chi connectivity index (χ1v) is 9.14. The van der Waals surface area contributed by atoms with Crippen LogP contribution in [0.5, 0.6) is 0 Å². The molecule has 1 aliphatic carbocycles. The fraction of sp³-hybridized carbons (Fsp3) is 0.238. The number of benzene rings is 2. The number of amides is 1. The maximum absolute atomic E-state index is 12.5. The zero-order valence-electron chi connectivity index (χ0n) is 14.4. The lowest BCUT2D eigenvalue weighted by Gasteiger charge is -2.16. The van der Waals surface area contributed by atoms with Gasteiger partial charge in [0, 0.05) is 23.2 Å². The third kappa shape index (κ3) is 3.51. The zero-order chi connectivity index (χ0) is 18.0. The van der Waals surface area contributed by atoms with Gasteiger partial charge >= 0.3 is 0 Å². The Morgan fingerprint density at radius 1 is 1.12 bits per heavy atom. The van der Waals surface area contributed by atoms with Crippen molar-refractivity contribution in [1.82, 2.24) is 15.1 Å². The largest absolute Gasteiger partial charge is 0.351 e. The number of carbonyl (C=O) groups excluding carboxylic acids is 1. The zero-order valence-corrected chi connectivity index (χ0v) is 15.1. The molecule has 1 aromatic heterocycles. The van der Waals surface area contributed by atoms with Crippen LogP contribution < -0.4 is 5.32 Å². The van der Waals surface area contributed by atoms with Crippen LogP contribution in [0.2, 0.25) is 5.02 Å². The maximum atomic E-state index is 12.5. The number of nitrogens with one attached hydrogen (secondary N) is 1. The standard InChI is InChI=1S/C21H20ClN3O/c22-19-9-5-4-6-16(19)13-25-14-17(12-24-25)20(26)23-15-21(10-11-21)18-7-2-1-3-8-18/h1-9,12,14H,10-11,13,15H2,(H,23,26). The van der Waals surface area contributed by atoms with Crippen molar-refractivity contribution in [3.05, 3.63) is 88.7 Å². The Morgan fingerprint density at radius 2 is 1.85 bits per heavy atom. The molecule has 0 radical (unpaired) electrons. The van der Waals surface area contributed by atoms with Gasteiger partial charge in [0.1, 0.15) is 0 Å². The van der Waals surface area contributed by atoms with Gasteiger partial charge in [-0.05, 0) is 30.0 Å². The van der Waals surface area contributed by atoms with Crippen molar-refractivity contribution in [2.75, 3.05) is 6.54 Å². The molecule has 1 fully saturated rings. The second-order valence-corrected chi connectivity index (χ2v) is 7.25. The van der Waals surface area contributed by atoms with Crippen LogP contribution in [0.25, 0.3) is 0 Å². The highest BCUT2D eigenvalue weighted by molar-refractivity contribution is 6.31. The van der Waals surface area contributed by atoms with Gasteiger partial charge in [0.2, 0.25) is 0 Å². The molecule has 1 N–H and O–H groups in total. The second-order valence-electron chi connectivity index (χ2n) is 6.85. The summed E-state index contributed by atoms with van der Waals surface area (Å²) in [5, 5.41) is 8.06. The number of aromatic nitrogens is 2.